The monoisotopic (exact) mass is 395 g/mol. The number of carbonyl (C=O) groups excluding carboxylic acids is 2. The van der Waals surface area contributed by atoms with Crippen LogP contribution < -0.4 is 5.32 Å². The molecule has 2 aromatic carbocycles. The van der Waals surface area contributed by atoms with Crippen LogP contribution in [-0.2, 0) is 4.79 Å². The third-order valence-electron chi connectivity index (χ3n) is 5.07. The molecule has 1 N–H and O–H groups in total. The van der Waals surface area contributed by atoms with Gasteiger partial charge in [0.1, 0.15) is 11.4 Å². The summed E-state index contributed by atoms with van der Waals surface area (Å²) in [7, 11) is 0. The van der Waals surface area contributed by atoms with E-state index in [1.54, 1.807) is 16.7 Å². The summed E-state index contributed by atoms with van der Waals surface area (Å²) in [4.78, 5) is 32.4. The summed E-state index contributed by atoms with van der Waals surface area (Å²) in [5.74, 6) is -0.256. The van der Waals surface area contributed by atoms with Crippen LogP contribution in [0.5, 0.6) is 0 Å². The van der Waals surface area contributed by atoms with E-state index in [9.17, 15) is 9.59 Å². The Bertz CT molecular complexity index is 1060. The normalized spacial score (nSPS) is 22.7. The number of hydrogen-bond donors (Lipinski definition) is 1. The summed E-state index contributed by atoms with van der Waals surface area (Å²) < 4.78 is 0.629. The zero-order valence-corrected chi connectivity index (χ0v) is 16.4. The quantitative estimate of drug-likeness (QED) is 0.703. The first-order valence-corrected chi connectivity index (χ1v) is 10.4. The Balaban J connectivity index is 1.48. The molecule has 1 aromatic heterocycles. The Labute approximate surface area is 164 Å². The van der Waals surface area contributed by atoms with Gasteiger partial charge in [0, 0.05) is 10.3 Å². The van der Waals surface area contributed by atoms with Crippen molar-refractivity contribution in [2.75, 3.05) is 5.32 Å². The van der Waals surface area contributed by atoms with E-state index < -0.39 is 10.8 Å². The molecule has 0 bridgehead atoms. The number of thiazole rings is 1. The number of para-hydroxylation sites is 1. The molecule has 2 aliphatic rings. The van der Waals surface area contributed by atoms with Gasteiger partial charge in [-0.1, -0.05) is 41.7 Å². The number of anilines is 1. The lowest BCUT2D eigenvalue weighted by Gasteiger charge is -2.29. The van der Waals surface area contributed by atoms with Gasteiger partial charge in [-0.3, -0.25) is 9.59 Å². The van der Waals surface area contributed by atoms with E-state index >= 15 is 0 Å². The van der Waals surface area contributed by atoms with E-state index in [-0.39, 0.29) is 17.2 Å². The second kappa shape index (κ2) is 5.81. The number of thioether (sulfide) groups is 1. The van der Waals surface area contributed by atoms with Gasteiger partial charge in [-0.25, -0.2) is 4.98 Å². The summed E-state index contributed by atoms with van der Waals surface area (Å²) in [6.45, 7) is 4.04. The van der Waals surface area contributed by atoms with Crippen molar-refractivity contribution in [3.63, 3.8) is 0 Å². The van der Waals surface area contributed by atoms with Crippen LogP contribution in [0.15, 0.2) is 48.5 Å². The summed E-state index contributed by atoms with van der Waals surface area (Å²) in [5, 5.41) is 3.40. The van der Waals surface area contributed by atoms with Gasteiger partial charge in [0.05, 0.1) is 10.2 Å². The topological polar surface area (TPSA) is 62.3 Å². The Morgan fingerprint density at radius 2 is 1.89 bits per heavy atom. The molecule has 5 nitrogen and oxygen atoms in total. The molecule has 0 spiro atoms. The smallest absolute Gasteiger partial charge is 0.256 e. The number of carbonyl (C=O) groups is 2. The van der Waals surface area contributed by atoms with E-state index in [0.717, 1.165) is 15.8 Å². The first-order valence-electron chi connectivity index (χ1n) is 8.71. The van der Waals surface area contributed by atoms with Crippen molar-refractivity contribution in [3.8, 4) is 0 Å². The molecule has 0 aliphatic carbocycles. The standard InChI is InChI=1S/C20H17N3O2S2/c1-20(2)15(16(24)22-19-21-13-9-5-6-10-14(13)26-19)23-17(25)11-7-3-4-8-12(11)18(23)27-20/h3-10,15,18H,1-2H3,(H,21,22,24)/t15-,18+/m1/s1. The van der Waals surface area contributed by atoms with Crippen LogP contribution >= 0.6 is 23.1 Å². The highest BCUT2D eigenvalue weighted by atomic mass is 32.2. The van der Waals surface area contributed by atoms with Crippen LogP contribution in [0.3, 0.4) is 0 Å². The van der Waals surface area contributed by atoms with Crippen molar-refractivity contribution >= 4 is 50.3 Å². The molecule has 136 valence electrons. The minimum atomic E-state index is -0.556. The summed E-state index contributed by atoms with van der Waals surface area (Å²) in [5.41, 5.74) is 2.56. The second-order valence-corrected chi connectivity index (χ2v) is 10.0. The Hall–Kier alpha value is -2.38. The first kappa shape index (κ1) is 16.8. The van der Waals surface area contributed by atoms with E-state index in [1.807, 2.05) is 62.4 Å². The lowest BCUT2D eigenvalue weighted by molar-refractivity contribution is -0.121. The van der Waals surface area contributed by atoms with Crippen molar-refractivity contribution in [3.05, 3.63) is 59.7 Å². The van der Waals surface area contributed by atoms with Crippen molar-refractivity contribution in [2.45, 2.75) is 30.0 Å². The Kier molecular flexibility index (Phi) is 3.61. The number of rotatable bonds is 2. The molecule has 2 atom stereocenters. The molecular weight excluding hydrogens is 378 g/mol. The van der Waals surface area contributed by atoms with Crippen LogP contribution in [0.2, 0.25) is 0 Å². The zero-order valence-electron chi connectivity index (χ0n) is 14.8. The fourth-order valence-corrected chi connectivity index (χ4v) is 6.36. The number of fused-ring (bicyclic) bond motifs is 4. The molecular formula is C20H17N3O2S2. The van der Waals surface area contributed by atoms with Crippen LogP contribution in [0.1, 0.15) is 35.1 Å². The number of amides is 2. The first-order chi connectivity index (χ1) is 13.0. The van der Waals surface area contributed by atoms with Crippen LogP contribution in [0.25, 0.3) is 10.2 Å². The molecule has 3 heterocycles. The predicted molar refractivity (Wildman–Crippen MR) is 109 cm³/mol. The van der Waals surface area contributed by atoms with Gasteiger partial charge in [-0.15, -0.1) is 11.8 Å². The third kappa shape index (κ3) is 2.49. The van der Waals surface area contributed by atoms with Crippen molar-refractivity contribution in [1.29, 1.82) is 0 Å². The summed E-state index contributed by atoms with van der Waals surface area (Å²) >= 11 is 3.11. The molecule has 2 aliphatic heterocycles. The minimum absolute atomic E-state index is 0.0712. The summed E-state index contributed by atoms with van der Waals surface area (Å²) in [6, 6.07) is 14.9. The molecule has 0 saturated carbocycles. The molecule has 3 aromatic rings. The molecule has 2 amide bonds. The van der Waals surface area contributed by atoms with Gasteiger partial charge in [-0.2, -0.15) is 0 Å². The lowest BCUT2D eigenvalue weighted by Crippen LogP contribution is -2.50. The number of nitrogens with zero attached hydrogens (tertiary/aromatic N) is 2. The maximum Gasteiger partial charge on any atom is 0.256 e. The molecule has 0 unspecified atom stereocenters. The summed E-state index contributed by atoms with van der Waals surface area (Å²) in [6.07, 6.45) is 0. The maximum absolute atomic E-state index is 13.2. The van der Waals surface area contributed by atoms with Gasteiger partial charge < -0.3 is 10.2 Å². The van der Waals surface area contributed by atoms with Crippen LogP contribution in [0, 0.1) is 0 Å². The van der Waals surface area contributed by atoms with Crippen LogP contribution in [0.4, 0.5) is 5.13 Å². The van der Waals surface area contributed by atoms with Gasteiger partial charge in [0.25, 0.3) is 5.91 Å². The number of nitrogens with one attached hydrogen (secondary N) is 1. The predicted octanol–water partition coefficient (Wildman–Crippen LogP) is 4.28. The number of hydrogen-bond acceptors (Lipinski definition) is 5. The Morgan fingerprint density at radius 3 is 2.70 bits per heavy atom. The lowest BCUT2D eigenvalue weighted by atomic mass is 10.0. The zero-order chi connectivity index (χ0) is 18.8. The van der Waals surface area contributed by atoms with Crippen molar-refractivity contribution < 1.29 is 9.59 Å². The van der Waals surface area contributed by atoms with E-state index in [2.05, 4.69) is 10.3 Å². The number of aromatic nitrogens is 1. The van der Waals surface area contributed by atoms with E-state index in [4.69, 9.17) is 0 Å². The molecule has 7 heteroatoms. The second-order valence-electron chi connectivity index (χ2n) is 7.25. The molecule has 1 fully saturated rings. The van der Waals surface area contributed by atoms with Gasteiger partial charge >= 0.3 is 0 Å². The average molecular weight is 396 g/mol. The van der Waals surface area contributed by atoms with Crippen LogP contribution in [-0.4, -0.2) is 32.5 Å². The third-order valence-corrected chi connectivity index (χ3v) is 7.56. The fraction of sp³-hybridized carbons (Fsp3) is 0.250. The average Bonchev–Trinajstić information content (AvgIpc) is 3.25. The van der Waals surface area contributed by atoms with Gasteiger partial charge in [0.15, 0.2) is 5.13 Å². The molecule has 27 heavy (non-hydrogen) atoms. The highest BCUT2D eigenvalue weighted by molar-refractivity contribution is 8.01. The van der Waals surface area contributed by atoms with E-state index in [1.165, 1.54) is 11.3 Å². The SMILES string of the molecule is CC1(C)S[C@H]2c3ccccc3C(=O)N2[C@@H]1C(=O)Nc1nc2ccccc2s1. The van der Waals surface area contributed by atoms with Gasteiger partial charge in [0.2, 0.25) is 5.91 Å². The van der Waals surface area contributed by atoms with Gasteiger partial charge in [-0.05, 0) is 37.6 Å². The molecule has 5 rings (SSSR count). The fourth-order valence-electron chi connectivity index (χ4n) is 3.90. The molecule has 1 saturated heterocycles. The van der Waals surface area contributed by atoms with Crippen molar-refractivity contribution in [1.82, 2.24) is 9.88 Å². The van der Waals surface area contributed by atoms with Crippen molar-refractivity contribution in [2.24, 2.45) is 0 Å². The minimum Gasteiger partial charge on any atom is -0.309 e. The maximum atomic E-state index is 13.2. The number of benzene rings is 2. The van der Waals surface area contributed by atoms with E-state index in [0.29, 0.717) is 10.7 Å². The highest BCUT2D eigenvalue weighted by Gasteiger charge is 2.57. The Morgan fingerprint density at radius 1 is 1.15 bits per heavy atom. The largest absolute Gasteiger partial charge is 0.309 e. The molecule has 0 radical (unpaired) electrons. The highest BCUT2D eigenvalue weighted by Crippen LogP contribution is 2.56.